The van der Waals surface area contributed by atoms with Gasteiger partial charge in [0, 0.05) is 5.69 Å². The first kappa shape index (κ1) is 8.71. The maximum Gasteiger partial charge on any atom is 0.0851 e. The van der Waals surface area contributed by atoms with Gasteiger partial charge in [0.05, 0.1) is 6.54 Å². The van der Waals surface area contributed by atoms with Gasteiger partial charge in [0.25, 0.3) is 0 Å². The summed E-state index contributed by atoms with van der Waals surface area (Å²) < 4.78 is 0. The Balaban J connectivity index is 2.75. The van der Waals surface area contributed by atoms with Crippen molar-refractivity contribution in [2.75, 3.05) is 12.3 Å². The van der Waals surface area contributed by atoms with Crippen LogP contribution in [0.1, 0.15) is 11.1 Å². The highest BCUT2D eigenvalue weighted by atomic mass is 16.3. The second-order valence-electron chi connectivity index (χ2n) is 2.79. The molecule has 2 N–H and O–H groups in total. The van der Waals surface area contributed by atoms with Crippen LogP contribution in [0.4, 0.5) is 5.69 Å². The van der Waals surface area contributed by atoms with Gasteiger partial charge in [0.15, 0.2) is 0 Å². The summed E-state index contributed by atoms with van der Waals surface area (Å²) in [6, 6.07) is 5.77. The number of benzene rings is 1. The molecule has 0 saturated carbocycles. The largest absolute Gasteiger partial charge is 0.399 e. The van der Waals surface area contributed by atoms with Crippen molar-refractivity contribution in [2.24, 2.45) is 5.18 Å². The molecule has 0 aromatic heterocycles. The normalized spacial score (nSPS) is 9.75. The fourth-order valence-corrected chi connectivity index (χ4v) is 1.07. The van der Waals surface area contributed by atoms with Gasteiger partial charge in [-0.05, 0) is 30.5 Å². The van der Waals surface area contributed by atoms with Crippen LogP contribution in [0.2, 0.25) is 0 Å². The van der Waals surface area contributed by atoms with E-state index in [1.54, 1.807) is 0 Å². The Bertz CT molecular complexity index is 284. The zero-order chi connectivity index (χ0) is 8.97. The van der Waals surface area contributed by atoms with Crippen LogP contribution in [0.15, 0.2) is 23.4 Å². The molecule has 3 nitrogen and oxygen atoms in total. The maximum absolute atomic E-state index is 9.86. The molecule has 0 saturated heterocycles. The van der Waals surface area contributed by atoms with Crippen LogP contribution in [0, 0.1) is 11.8 Å². The zero-order valence-electron chi connectivity index (χ0n) is 7.08. The minimum Gasteiger partial charge on any atom is -0.399 e. The maximum atomic E-state index is 9.86. The molecule has 12 heavy (non-hydrogen) atoms. The van der Waals surface area contributed by atoms with Crippen LogP contribution < -0.4 is 5.73 Å². The molecule has 0 bridgehead atoms. The van der Waals surface area contributed by atoms with Gasteiger partial charge in [-0.1, -0.05) is 17.3 Å². The van der Waals surface area contributed by atoms with E-state index in [1.807, 2.05) is 25.1 Å². The molecule has 0 amide bonds. The molecule has 1 aromatic rings. The molecular weight excluding hydrogens is 152 g/mol. The average Bonchev–Trinajstić information content (AvgIpc) is 2.07. The van der Waals surface area contributed by atoms with Crippen molar-refractivity contribution in [3.63, 3.8) is 0 Å². The lowest BCUT2D eigenvalue weighted by Crippen LogP contribution is -1.93. The zero-order valence-corrected chi connectivity index (χ0v) is 7.08. The van der Waals surface area contributed by atoms with E-state index in [-0.39, 0.29) is 0 Å². The molecule has 0 heterocycles. The topological polar surface area (TPSA) is 55.5 Å². The smallest absolute Gasteiger partial charge is 0.0851 e. The first-order chi connectivity index (χ1) is 5.74. The molecule has 0 radical (unpaired) electrons. The monoisotopic (exact) mass is 164 g/mol. The molecule has 64 valence electrons. The molecule has 0 atom stereocenters. The van der Waals surface area contributed by atoms with E-state index in [9.17, 15) is 4.91 Å². The number of aryl methyl sites for hydroxylation is 1. The van der Waals surface area contributed by atoms with Crippen LogP contribution in [-0.4, -0.2) is 6.54 Å². The summed E-state index contributed by atoms with van der Waals surface area (Å²) in [4.78, 5) is 9.86. The number of rotatable bonds is 3. The fraction of sp³-hybridized carbons (Fsp3) is 0.333. The van der Waals surface area contributed by atoms with Gasteiger partial charge in [-0.2, -0.15) is 4.91 Å². The lowest BCUT2D eigenvalue weighted by molar-refractivity contribution is 0.959. The average molecular weight is 164 g/mol. The Morgan fingerprint density at radius 2 is 2.25 bits per heavy atom. The second-order valence-corrected chi connectivity index (χ2v) is 2.79. The Labute approximate surface area is 71.6 Å². The van der Waals surface area contributed by atoms with E-state index in [1.165, 1.54) is 0 Å². The van der Waals surface area contributed by atoms with Crippen LogP contribution >= 0.6 is 0 Å². The number of nitrogen functional groups attached to an aromatic ring is 1. The Morgan fingerprint density at radius 1 is 1.50 bits per heavy atom. The number of hydrogen-bond acceptors (Lipinski definition) is 3. The summed E-state index contributed by atoms with van der Waals surface area (Å²) in [6.07, 6.45) is 0.699. The van der Waals surface area contributed by atoms with Crippen molar-refractivity contribution in [3.05, 3.63) is 34.2 Å². The quantitative estimate of drug-likeness (QED) is 0.547. The van der Waals surface area contributed by atoms with Gasteiger partial charge in [0.1, 0.15) is 0 Å². The summed E-state index contributed by atoms with van der Waals surface area (Å²) in [5.41, 5.74) is 8.59. The highest BCUT2D eigenvalue weighted by Gasteiger charge is 1.96. The van der Waals surface area contributed by atoms with Crippen LogP contribution in [0.5, 0.6) is 0 Å². The third-order valence-electron chi connectivity index (χ3n) is 1.83. The predicted octanol–water partition coefficient (Wildman–Crippen LogP) is 1.89. The summed E-state index contributed by atoms with van der Waals surface area (Å²) in [7, 11) is 0. The van der Waals surface area contributed by atoms with Crippen molar-refractivity contribution in [2.45, 2.75) is 13.3 Å². The van der Waals surface area contributed by atoms with E-state index in [2.05, 4.69) is 5.18 Å². The van der Waals surface area contributed by atoms with Crippen LogP contribution in [0.25, 0.3) is 0 Å². The van der Waals surface area contributed by atoms with Gasteiger partial charge in [-0.25, -0.2) is 0 Å². The van der Waals surface area contributed by atoms with Gasteiger partial charge >= 0.3 is 0 Å². The van der Waals surface area contributed by atoms with E-state index < -0.39 is 0 Å². The minimum absolute atomic E-state index is 0.337. The highest BCUT2D eigenvalue weighted by molar-refractivity contribution is 5.47. The number of nitrogens with zero attached hydrogens (tertiary/aromatic N) is 1. The number of nitroso groups, excluding NO2 is 1. The van der Waals surface area contributed by atoms with Crippen molar-refractivity contribution < 1.29 is 0 Å². The Kier molecular flexibility index (Phi) is 2.80. The van der Waals surface area contributed by atoms with Crippen molar-refractivity contribution in [1.29, 1.82) is 0 Å². The minimum atomic E-state index is 0.337. The first-order valence-corrected chi connectivity index (χ1v) is 3.88. The molecule has 0 spiro atoms. The van der Waals surface area contributed by atoms with Gasteiger partial charge < -0.3 is 5.73 Å². The molecule has 0 unspecified atom stereocenters. The van der Waals surface area contributed by atoms with Crippen molar-refractivity contribution in [1.82, 2.24) is 0 Å². The molecule has 1 rings (SSSR count). The third kappa shape index (κ3) is 2.05. The number of nitrogens with two attached hydrogens (primary N) is 1. The van der Waals surface area contributed by atoms with E-state index >= 15 is 0 Å². The standard InChI is InChI=1S/C9H12N2O/c1-7-6-8(4-5-11-12)2-3-9(7)10/h2-3,6H,4-5,10H2,1H3. The first-order valence-electron chi connectivity index (χ1n) is 3.88. The van der Waals surface area contributed by atoms with Gasteiger partial charge in [-0.15, -0.1) is 0 Å². The molecule has 0 fully saturated rings. The molecule has 3 heteroatoms. The fourth-order valence-electron chi connectivity index (χ4n) is 1.07. The van der Waals surface area contributed by atoms with Crippen LogP contribution in [-0.2, 0) is 6.42 Å². The van der Waals surface area contributed by atoms with Crippen molar-refractivity contribution in [3.8, 4) is 0 Å². The van der Waals surface area contributed by atoms with Gasteiger partial charge in [0.2, 0.25) is 0 Å². The van der Waals surface area contributed by atoms with Gasteiger partial charge in [-0.3, -0.25) is 0 Å². The summed E-state index contributed by atoms with van der Waals surface area (Å²) in [5, 5.41) is 2.80. The van der Waals surface area contributed by atoms with E-state index in [4.69, 9.17) is 5.73 Å². The molecular formula is C9H12N2O. The molecule has 0 aliphatic carbocycles. The van der Waals surface area contributed by atoms with E-state index in [0.717, 1.165) is 16.8 Å². The predicted molar refractivity (Wildman–Crippen MR) is 50.0 cm³/mol. The number of anilines is 1. The van der Waals surface area contributed by atoms with Crippen LogP contribution in [0.3, 0.4) is 0 Å². The summed E-state index contributed by atoms with van der Waals surface area (Å²) >= 11 is 0. The summed E-state index contributed by atoms with van der Waals surface area (Å²) in [5.74, 6) is 0. The SMILES string of the molecule is Cc1cc(CCN=O)ccc1N. The van der Waals surface area contributed by atoms with Crippen molar-refractivity contribution >= 4 is 5.69 Å². The second kappa shape index (κ2) is 3.85. The number of hydrogen-bond donors (Lipinski definition) is 1. The lowest BCUT2D eigenvalue weighted by Gasteiger charge is -2.02. The lowest BCUT2D eigenvalue weighted by atomic mass is 10.1. The summed E-state index contributed by atoms with van der Waals surface area (Å²) in [6.45, 7) is 2.29. The molecule has 0 aliphatic heterocycles. The molecule has 0 aliphatic rings. The Morgan fingerprint density at radius 3 is 2.83 bits per heavy atom. The third-order valence-corrected chi connectivity index (χ3v) is 1.83. The van der Waals surface area contributed by atoms with E-state index in [0.29, 0.717) is 13.0 Å². The Hall–Kier alpha value is -1.38. The molecule has 1 aromatic carbocycles. The highest BCUT2D eigenvalue weighted by Crippen LogP contribution is 2.12.